The van der Waals surface area contributed by atoms with Gasteiger partial charge >= 0.3 is 0 Å². The Bertz CT molecular complexity index is 932. The average molecular weight is 424 g/mol. The molecule has 0 aliphatic carbocycles. The molecule has 0 bridgehead atoms. The van der Waals surface area contributed by atoms with E-state index in [1.54, 1.807) is 12.1 Å². The van der Waals surface area contributed by atoms with Gasteiger partial charge in [0.25, 0.3) is 5.91 Å². The van der Waals surface area contributed by atoms with Crippen LogP contribution in [0.1, 0.15) is 10.4 Å². The zero-order chi connectivity index (χ0) is 18.5. The molecule has 0 radical (unpaired) electrons. The van der Waals surface area contributed by atoms with Crippen LogP contribution in [0.15, 0.2) is 71.6 Å². The van der Waals surface area contributed by atoms with Gasteiger partial charge in [0.2, 0.25) is 0 Å². The second-order valence-corrected chi connectivity index (χ2v) is 7.39. The van der Waals surface area contributed by atoms with Crippen molar-refractivity contribution < 1.29 is 4.79 Å². The van der Waals surface area contributed by atoms with Gasteiger partial charge in [-0.1, -0.05) is 46.9 Å². The molecule has 0 atom stereocenters. The number of amides is 1. The standard InChI is InChI=1S/C19H13Cl3N2OS/c20-15-10-5-12(11-17(15)22)19(25)23-13-6-8-14(9-7-13)26-24-18-4-2-1-3-16(18)21/h1-11,24H,(H,23,25). The van der Waals surface area contributed by atoms with Crippen molar-refractivity contribution >= 4 is 64.0 Å². The van der Waals surface area contributed by atoms with Crippen LogP contribution in [0.4, 0.5) is 11.4 Å². The van der Waals surface area contributed by atoms with Gasteiger partial charge in [-0.05, 0) is 66.5 Å². The predicted octanol–water partition coefficient (Wildman–Crippen LogP) is 7.02. The quantitative estimate of drug-likeness (QED) is 0.433. The second-order valence-electron chi connectivity index (χ2n) is 5.29. The molecule has 3 rings (SSSR count). The number of hydrogen-bond donors (Lipinski definition) is 2. The van der Waals surface area contributed by atoms with E-state index < -0.39 is 0 Å². The summed E-state index contributed by atoms with van der Waals surface area (Å²) in [7, 11) is 0. The number of nitrogens with one attached hydrogen (secondary N) is 2. The van der Waals surface area contributed by atoms with E-state index in [4.69, 9.17) is 34.8 Å². The van der Waals surface area contributed by atoms with Crippen molar-refractivity contribution in [2.75, 3.05) is 10.0 Å². The molecule has 0 saturated carbocycles. The molecule has 0 aliphatic rings. The second kappa shape index (κ2) is 8.69. The van der Waals surface area contributed by atoms with Gasteiger partial charge in [-0.3, -0.25) is 4.79 Å². The van der Waals surface area contributed by atoms with Crippen molar-refractivity contribution in [3.8, 4) is 0 Å². The minimum absolute atomic E-state index is 0.252. The van der Waals surface area contributed by atoms with Crippen LogP contribution in [0.3, 0.4) is 0 Å². The van der Waals surface area contributed by atoms with E-state index in [0.717, 1.165) is 10.6 Å². The van der Waals surface area contributed by atoms with E-state index in [0.29, 0.717) is 26.3 Å². The Labute approximate surface area is 170 Å². The number of hydrogen-bond acceptors (Lipinski definition) is 3. The Morgan fingerprint density at radius 2 is 1.54 bits per heavy atom. The summed E-state index contributed by atoms with van der Waals surface area (Å²) in [4.78, 5) is 13.2. The number of carbonyl (C=O) groups is 1. The summed E-state index contributed by atoms with van der Waals surface area (Å²) in [5, 5.41) is 4.24. The fourth-order valence-corrected chi connectivity index (χ4v) is 3.32. The summed E-state index contributed by atoms with van der Waals surface area (Å²) >= 11 is 19.4. The molecule has 0 aromatic heterocycles. The number of benzene rings is 3. The number of carbonyl (C=O) groups excluding carboxylic acids is 1. The van der Waals surface area contributed by atoms with Crippen molar-refractivity contribution in [3.05, 3.63) is 87.4 Å². The molecule has 1 amide bonds. The van der Waals surface area contributed by atoms with Crippen molar-refractivity contribution in [2.45, 2.75) is 4.90 Å². The molecule has 26 heavy (non-hydrogen) atoms. The lowest BCUT2D eigenvalue weighted by molar-refractivity contribution is 0.102. The summed E-state index contributed by atoms with van der Waals surface area (Å²) in [5.41, 5.74) is 1.97. The normalized spacial score (nSPS) is 10.4. The maximum Gasteiger partial charge on any atom is 0.255 e. The average Bonchev–Trinajstić information content (AvgIpc) is 2.64. The number of rotatable bonds is 5. The fourth-order valence-electron chi connectivity index (χ4n) is 2.10. The Balaban J connectivity index is 1.61. The van der Waals surface area contributed by atoms with Gasteiger partial charge in [-0.2, -0.15) is 0 Å². The lowest BCUT2D eigenvalue weighted by Crippen LogP contribution is -2.11. The molecule has 3 nitrogen and oxygen atoms in total. The number of para-hydroxylation sites is 1. The topological polar surface area (TPSA) is 41.1 Å². The van der Waals surface area contributed by atoms with Crippen LogP contribution in [0.2, 0.25) is 15.1 Å². The van der Waals surface area contributed by atoms with Crippen LogP contribution in [0.25, 0.3) is 0 Å². The third-order valence-electron chi connectivity index (χ3n) is 3.45. The van der Waals surface area contributed by atoms with Crippen molar-refractivity contribution in [3.63, 3.8) is 0 Å². The van der Waals surface area contributed by atoms with Gasteiger partial charge in [0.1, 0.15) is 0 Å². The third kappa shape index (κ3) is 4.86. The largest absolute Gasteiger partial charge is 0.324 e. The molecule has 0 spiro atoms. The molecule has 0 unspecified atom stereocenters. The molecular formula is C19H13Cl3N2OS. The van der Waals surface area contributed by atoms with Crippen LogP contribution in [-0.2, 0) is 0 Å². The third-order valence-corrected chi connectivity index (χ3v) is 5.35. The van der Waals surface area contributed by atoms with Gasteiger partial charge in [0, 0.05) is 16.1 Å². The van der Waals surface area contributed by atoms with Gasteiger partial charge < -0.3 is 10.0 Å². The molecule has 132 valence electrons. The predicted molar refractivity (Wildman–Crippen MR) is 112 cm³/mol. The van der Waals surface area contributed by atoms with Crippen LogP contribution in [0, 0.1) is 0 Å². The first-order valence-corrected chi connectivity index (χ1v) is 9.52. The first-order valence-electron chi connectivity index (χ1n) is 7.57. The molecule has 3 aromatic rings. The minimum Gasteiger partial charge on any atom is -0.324 e. The molecule has 0 saturated heterocycles. The van der Waals surface area contributed by atoms with Gasteiger partial charge in [0.05, 0.1) is 20.8 Å². The van der Waals surface area contributed by atoms with Gasteiger partial charge in [-0.15, -0.1) is 0 Å². The summed E-state index contributed by atoms with van der Waals surface area (Å²) in [6.45, 7) is 0. The minimum atomic E-state index is -0.252. The highest BCUT2D eigenvalue weighted by atomic mass is 35.5. The van der Waals surface area contributed by atoms with Crippen LogP contribution in [-0.4, -0.2) is 5.91 Å². The number of halogens is 3. The first kappa shape index (κ1) is 18.9. The van der Waals surface area contributed by atoms with E-state index in [2.05, 4.69) is 10.0 Å². The Morgan fingerprint density at radius 1 is 0.808 bits per heavy atom. The summed E-state index contributed by atoms with van der Waals surface area (Å²) in [5.74, 6) is -0.252. The molecule has 0 aliphatic heterocycles. The Hall–Kier alpha value is -1.85. The monoisotopic (exact) mass is 422 g/mol. The highest BCUT2D eigenvalue weighted by Gasteiger charge is 2.08. The summed E-state index contributed by atoms with van der Waals surface area (Å²) < 4.78 is 3.20. The maximum absolute atomic E-state index is 12.3. The van der Waals surface area contributed by atoms with E-state index in [1.165, 1.54) is 18.0 Å². The summed E-state index contributed by atoms with van der Waals surface area (Å²) in [6, 6.07) is 19.7. The molecule has 3 aromatic carbocycles. The van der Waals surface area contributed by atoms with E-state index in [-0.39, 0.29) is 5.91 Å². The fraction of sp³-hybridized carbons (Fsp3) is 0. The Kier molecular flexibility index (Phi) is 6.33. The number of anilines is 2. The molecule has 0 fully saturated rings. The molecule has 0 heterocycles. The zero-order valence-electron chi connectivity index (χ0n) is 13.3. The van der Waals surface area contributed by atoms with Crippen molar-refractivity contribution in [2.24, 2.45) is 0 Å². The maximum atomic E-state index is 12.3. The smallest absolute Gasteiger partial charge is 0.255 e. The van der Waals surface area contributed by atoms with Crippen LogP contribution in [0.5, 0.6) is 0 Å². The van der Waals surface area contributed by atoms with E-state index in [9.17, 15) is 4.79 Å². The zero-order valence-corrected chi connectivity index (χ0v) is 16.4. The first-order chi connectivity index (χ1) is 12.5. The van der Waals surface area contributed by atoms with Crippen molar-refractivity contribution in [1.82, 2.24) is 0 Å². The SMILES string of the molecule is O=C(Nc1ccc(SNc2ccccc2Cl)cc1)c1ccc(Cl)c(Cl)c1. The lowest BCUT2D eigenvalue weighted by atomic mass is 10.2. The Morgan fingerprint density at radius 3 is 2.23 bits per heavy atom. The highest BCUT2D eigenvalue weighted by Crippen LogP contribution is 2.28. The van der Waals surface area contributed by atoms with Gasteiger partial charge in [-0.25, -0.2) is 0 Å². The lowest BCUT2D eigenvalue weighted by Gasteiger charge is -2.09. The molecular weight excluding hydrogens is 411 g/mol. The van der Waals surface area contributed by atoms with Gasteiger partial charge in [0.15, 0.2) is 0 Å². The van der Waals surface area contributed by atoms with Crippen molar-refractivity contribution in [1.29, 1.82) is 0 Å². The van der Waals surface area contributed by atoms with E-state index in [1.807, 2.05) is 48.5 Å². The van der Waals surface area contributed by atoms with E-state index >= 15 is 0 Å². The van der Waals surface area contributed by atoms with Crippen LogP contribution >= 0.6 is 46.8 Å². The summed E-state index contributed by atoms with van der Waals surface area (Å²) in [6.07, 6.45) is 0. The molecule has 2 N–H and O–H groups in total. The highest BCUT2D eigenvalue weighted by molar-refractivity contribution is 8.00. The molecule has 7 heteroatoms. The van der Waals surface area contributed by atoms with Crippen LogP contribution < -0.4 is 10.0 Å².